The zero-order valence-corrected chi connectivity index (χ0v) is 16.0. The average Bonchev–Trinajstić information content (AvgIpc) is 3.34. The molecule has 1 aromatic rings. The molecule has 25 heavy (non-hydrogen) atoms. The molecule has 140 valence electrons. The van der Waals surface area contributed by atoms with E-state index >= 15 is 0 Å². The Morgan fingerprint density at radius 1 is 1.20 bits per heavy atom. The monoisotopic (exact) mass is 347 g/mol. The molecule has 1 unspecified atom stereocenters. The van der Waals surface area contributed by atoms with Gasteiger partial charge in [-0.25, -0.2) is 4.99 Å². The van der Waals surface area contributed by atoms with Gasteiger partial charge < -0.3 is 15.2 Å². The van der Waals surface area contributed by atoms with Crippen molar-refractivity contribution < 1.29 is 0 Å². The number of nitrogens with zero attached hydrogens (tertiary/aromatic N) is 5. The number of likely N-dealkylation sites (N-methyl/N-ethyl adjacent to an activating group) is 1. The van der Waals surface area contributed by atoms with Crippen LogP contribution in [0.15, 0.2) is 4.99 Å². The number of nitrogens with one attached hydrogen (secondary N) is 2. The zero-order chi connectivity index (χ0) is 17.6. The molecule has 0 amide bonds. The SMILES string of the molecule is CCN1CCCC1CNC(=NCc1nnc(C)n1C)NC1CCCC1. The molecule has 0 radical (unpaired) electrons. The van der Waals surface area contributed by atoms with Crippen LogP contribution in [0.5, 0.6) is 0 Å². The second-order valence-electron chi connectivity index (χ2n) is 7.32. The van der Waals surface area contributed by atoms with Crippen LogP contribution in [0.3, 0.4) is 0 Å². The Morgan fingerprint density at radius 3 is 2.68 bits per heavy atom. The van der Waals surface area contributed by atoms with Gasteiger partial charge >= 0.3 is 0 Å². The number of aromatic nitrogens is 3. The topological polar surface area (TPSA) is 70.4 Å². The van der Waals surface area contributed by atoms with Gasteiger partial charge in [-0.2, -0.15) is 0 Å². The second-order valence-corrected chi connectivity index (χ2v) is 7.32. The molecule has 1 atom stereocenters. The molecule has 2 fully saturated rings. The van der Waals surface area contributed by atoms with E-state index in [1.165, 1.54) is 45.1 Å². The Labute approximate surface area is 151 Å². The summed E-state index contributed by atoms with van der Waals surface area (Å²) < 4.78 is 2.01. The van der Waals surface area contributed by atoms with Crippen LogP contribution in [-0.4, -0.2) is 57.3 Å². The van der Waals surface area contributed by atoms with E-state index in [-0.39, 0.29) is 0 Å². The minimum absolute atomic E-state index is 0.554. The molecule has 1 saturated carbocycles. The van der Waals surface area contributed by atoms with Crippen molar-refractivity contribution in [1.29, 1.82) is 0 Å². The molecular formula is C18H33N7. The highest BCUT2D eigenvalue weighted by Gasteiger charge is 2.23. The molecule has 2 N–H and O–H groups in total. The van der Waals surface area contributed by atoms with Crippen LogP contribution < -0.4 is 10.6 Å². The van der Waals surface area contributed by atoms with Crippen LogP contribution >= 0.6 is 0 Å². The number of hydrogen-bond donors (Lipinski definition) is 2. The smallest absolute Gasteiger partial charge is 0.191 e. The summed E-state index contributed by atoms with van der Waals surface area (Å²) in [5.41, 5.74) is 0. The third kappa shape index (κ3) is 4.71. The van der Waals surface area contributed by atoms with Crippen molar-refractivity contribution in [2.24, 2.45) is 12.0 Å². The summed E-state index contributed by atoms with van der Waals surface area (Å²) in [7, 11) is 2.00. The van der Waals surface area contributed by atoms with E-state index in [2.05, 4.69) is 32.7 Å². The van der Waals surface area contributed by atoms with Crippen molar-refractivity contribution in [3.63, 3.8) is 0 Å². The lowest BCUT2D eigenvalue weighted by Crippen LogP contribution is -2.47. The Morgan fingerprint density at radius 2 is 2.00 bits per heavy atom. The lowest BCUT2D eigenvalue weighted by atomic mass is 10.2. The fourth-order valence-electron chi connectivity index (χ4n) is 3.91. The van der Waals surface area contributed by atoms with E-state index in [9.17, 15) is 0 Å². The van der Waals surface area contributed by atoms with E-state index in [4.69, 9.17) is 4.99 Å². The summed E-state index contributed by atoms with van der Waals surface area (Å²) in [6.07, 6.45) is 7.71. The van der Waals surface area contributed by atoms with Gasteiger partial charge in [0.25, 0.3) is 0 Å². The van der Waals surface area contributed by atoms with E-state index in [1.54, 1.807) is 0 Å². The Kier molecular flexibility index (Phi) is 6.29. The van der Waals surface area contributed by atoms with Crippen LogP contribution in [0.25, 0.3) is 0 Å². The van der Waals surface area contributed by atoms with Crippen molar-refractivity contribution in [2.75, 3.05) is 19.6 Å². The van der Waals surface area contributed by atoms with Crippen molar-refractivity contribution in [3.8, 4) is 0 Å². The number of guanidine groups is 1. The summed E-state index contributed by atoms with van der Waals surface area (Å²) >= 11 is 0. The minimum Gasteiger partial charge on any atom is -0.355 e. The molecular weight excluding hydrogens is 314 g/mol. The standard InChI is InChI=1S/C18H33N7/c1-4-25-11-7-10-16(25)12-19-18(21-15-8-5-6-9-15)20-13-17-23-22-14(2)24(17)3/h15-16H,4-13H2,1-3H3,(H2,19,20,21). The summed E-state index contributed by atoms with van der Waals surface area (Å²) in [4.78, 5) is 7.36. The fraction of sp³-hybridized carbons (Fsp3) is 0.833. The number of aliphatic imine (C=N–C) groups is 1. The van der Waals surface area contributed by atoms with Gasteiger partial charge in [0.15, 0.2) is 11.8 Å². The van der Waals surface area contributed by atoms with Gasteiger partial charge in [0.1, 0.15) is 12.4 Å². The first-order valence-electron chi connectivity index (χ1n) is 9.81. The van der Waals surface area contributed by atoms with E-state index in [0.29, 0.717) is 18.6 Å². The fourth-order valence-corrected chi connectivity index (χ4v) is 3.91. The van der Waals surface area contributed by atoms with Gasteiger partial charge in [-0.1, -0.05) is 19.8 Å². The molecule has 7 heteroatoms. The second kappa shape index (κ2) is 8.65. The molecule has 0 spiro atoms. The quantitative estimate of drug-likeness (QED) is 0.604. The molecule has 1 aliphatic carbocycles. The van der Waals surface area contributed by atoms with Gasteiger partial charge in [-0.15, -0.1) is 10.2 Å². The average molecular weight is 348 g/mol. The Balaban J connectivity index is 1.61. The lowest BCUT2D eigenvalue weighted by molar-refractivity contribution is 0.266. The predicted molar refractivity (Wildman–Crippen MR) is 101 cm³/mol. The number of likely N-dealkylation sites (tertiary alicyclic amines) is 1. The predicted octanol–water partition coefficient (Wildman–Crippen LogP) is 1.59. The molecule has 1 aliphatic heterocycles. The van der Waals surface area contributed by atoms with Crippen molar-refractivity contribution in [3.05, 3.63) is 11.6 Å². The van der Waals surface area contributed by atoms with Crippen LogP contribution in [0.1, 0.15) is 57.1 Å². The van der Waals surface area contributed by atoms with E-state index in [0.717, 1.165) is 30.7 Å². The van der Waals surface area contributed by atoms with Crippen molar-refractivity contribution in [2.45, 2.75) is 71.0 Å². The van der Waals surface area contributed by atoms with Crippen molar-refractivity contribution in [1.82, 2.24) is 30.3 Å². The van der Waals surface area contributed by atoms with Gasteiger partial charge in [0.05, 0.1) is 0 Å². The van der Waals surface area contributed by atoms with Gasteiger partial charge in [0, 0.05) is 25.7 Å². The lowest BCUT2D eigenvalue weighted by Gasteiger charge is -2.25. The van der Waals surface area contributed by atoms with Gasteiger partial charge in [-0.3, -0.25) is 4.90 Å². The van der Waals surface area contributed by atoms with Gasteiger partial charge in [0.2, 0.25) is 0 Å². The number of aryl methyl sites for hydroxylation is 1. The molecule has 0 bridgehead atoms. The molecule has 1 aromatic heterocycles. The van der Waals surface area contributed by atoms with Crippen molar-refractivity contribution >= 4 is 5.96 Å². The Bertz CT molecular complexity index is 574. The molecule has 3 rings (SSSR count). The maximum atomic E-state index is 4.80. The number of hydrogen-bond acceptors (Lipinski definition) is 4. The van der Waals surface area contributed by atoms with Crippen LogP contribution in [0.4, 0.5) is 0 Å². The first-order valence-corrected chi connectivity index (χ1v) is 9.81. The summed E-state index contributed by atoms with van der Waals surface area (Å²) in [6.45, 7) is 8.10. The molecule has 2 heterocycles. The highest BCUT2D eigenvalue weighted by Crippen LogP contribution is 2.18. The highest BCUT2D eigenvalue weighted by atomic mass is 15.3. The minimum atomic E-state index is 0.554. The van der Waals surface area contributed by atoms with E-state index in [1.807, 2.05) is 18.5 Å². The summed E-state index contributed by atoms with van der Waals surface area (Å²) in [5.74, 6) is 2.75. The normalized spacial score (nSPS) is 22.7. The molecule has 2 aliphatic rings. The van der Waals surface area contributed by atoms with E-state index < -0.39 is 0 Å². The van der Waals surface area contributed by atoms with Crippen LogP contribution in [-0.2, 0) is 13.6 Å². The summed E-state index contributed by atoms with van der Waals surface area (Å²) in [6, 6.07) is 1.18. The van der Waals surface area contributed by atoms with Crippen LogP contribution in [0, 0.1) is 6.92 Å². The van der Waals surface area contributed by atoms with Crippen LogP contribution in [0.2, 0.25) is 0 Å². The molecule has 1 saturated heterocycles. The van der Waals surface area contributed by atoms with Gasteiger partial charge in [-0.05, 0) is 45.7 Å². The molecule has 7 nitrogen and oxygen atoms in total. The highest BCUT2D eigenvalue weighted by molar-refractivity contribution is 5.80. The summed E-state index contributed by atoms with van der Waals surface area (Å²) in [5, 5.41) is 15.6. The molecule has 0 aromatic carbocycles. The third-order valence-corrected chi connectivity index (χ3v) is 5.67. The number of rotatable bonds is 6. The first-order chi connectivity index (χ1) is 12.2. The maximum absolute atomic E-state index is 4.80. The maximum Gasteiger partial charge on any atom is 0.191 e. The zero-order valence-electron chi connectivity index (χ0n) is 16.0. The first kappa shape index (κ1) is 18.2. The third-order valence-electron chi connectivity index (χ3n) is 5.67. The Hall–Kier alpha value is -1.63. The largest absolute Gasteiger partial charge is 0.355 e.